The van der Waals surface area contributed by atoms with Crippen molar-refractivity contribution in [3.63, 3.8) is 0 Å². The summed E-state index contributed by atoms with van der Waals surface area (Å²) in [4.78, 5) is 2.32. The highest BCUT2D eigenvalue weighted by Gasteiger charge is 2.19. The molecule has 4 heteroatoms. The number of rotatable bonds is 5. The van der Waals surface area contributed by atoms with E-state index in [4.69, 9.17) is 8.83 Å². The zero-order chi connectivity index (χ0) is 34.2. The van der Waals surface area contributed by atoms with Gasteiger partial charge in [0.1, 0.15) is 22.3 Å². The lowest BCUT2D eigenvalue weighted by molar-refractivity contribution is 0.668. The minimum atomic E-state index is 0.860. The number of aromatic nitrogens is 1. The van der Waals surface area contributed by atoms with Crippen LogP contribution >= 0.6 is 0 Å². The van der Waals surface area contributed by atoms with Crippen LogP contribution in [0.25, 0.3) is 82.5 Å². The fourth-order valence-corrected chi connectivity index (χ4v) is 7.96. The lowest BCUT2D eigenvalue weighted by Gasteiger charge is -2.26. The van der Waals surface area contributed by atoms with E-state index in [1.165, 1.54) is 16.3 Å². The largest absolute Gasteiger partial charge is 0.456 e. The Balaban J connectivity index is 1.09. The summed E-state index contributed by atoms with van der Waals surface area (Å²) in [7, 11) is 0. The molecule has 8 aromatic carbocycles. The van der Waals surface area contributed by atoms with Gasteiger partial charge in [-0.25, -0.2) is 0 Å². The number of hydrogen-bond donors (Lipinski definition) is 0. The predicted octanol–water partition coefficient (Wildman–Crippen LogP) is 13.7. The van der Waals surface area contributed by atoms with Crippen LogP contribution in [0.1, 0.15) is 0 Å². The fraction of sp³-hybridized carbons (Fsp3) is 0. The van der Waals surface area contributed by atoms with Gasteiger partial charge in [0.05, 0.1) is 11.0 Å². The van der Waals surface area contributed by atoms with Crippen molar-refractivity contribution in [2.75, 3.05) is 4.90 Å². The number of fused-ring (bicyclic) bond motifs is 9. The molecule has 0 N–H and O–H groups in total. The van der Waals surface area contributed by atoms with Gasteiger partial charge in [-0.15, -0.1) is 0 Å². The second-order valence-corrected chi connectivity index (χ2v) is 13.4. The second kappa shape index (κ2) is 11.2. The SMILES string of the molecule is c1ccc(-n2c3ccccc3c3ccc(N(c4ccc(-c5ccc6c(c5)oc5ccccc56)cc4)c4ccc5c(c4)oc4ccccc45)cc32)cc1. The zero-order valence-corrected chi connectivity index (χ0v) is 28.0. The highest BCUT2D eigenvalue weighted by molar-refractivity contribution is 6.11. The quantitative estimate of drug-likeness (QED) is 0.183. The lowest BCUT2D eigenvalue weighted by atomic mass is 10.0. The summed E-state index contributed by atoms with van der Waals surface area (Å²) in [5.41, 5.74) is 12.4. The number of para-hydroxylation sites is 4. The molecule has 0 aliphatic rings. The van der Waals surface area contributed by atoms with Gasteiger partial charge in [0, 0.05) is 61.1 Å². The van der Waals surface area contributed by atoms with E-state index in [1.807, 2.05) is 24.3 Å². The first kappa shape index (κ1) is 28.8. The molecule has 0 fully saturated rings. The summed E-state index contributed by atoms with van der Waals surface area (Å²) in [6.45, 7) is 0. The van der Waals surface area contributed by atoms with Gasteiger partial charge >= 0.3 is 0 Å². The Kier molecular flexibility index (Phi) is 6.22. The molecule has 0 aliphatic carbocycles. The van der Waals surface area contributed by atoms with Gasteiger partial charge in [0.25, 0.3) is 0 Å². The third kappa shape index (κ3) is 4.41. The topological polar surface area (TPSA) is 34.5 Å². The molecule has 0 radical (unpaired) electrons. The maximum absolute atomic E-state index is 6.40. The maximum atomic E-state index is 6.40. The van der Waals surface area contributed by atoms with E-state index >= 15 is 0 Å². The number of benzene rings is 8. The molecule has 0 amide bonds. The van der Waals surface area contributed by atoms with Crippen molar-refractivity contribution in [1.29, 1.82) is 0 Å². The number of hydrogen-bond acceptors (Lipinski definition) is 3. The van der Waals surface area contributed by atoms with Crippen molar-refractivity contribution < 1.29 is 8.83 Å². The third-order valence-corrected chi connectivity index (χ3v) is 10.4. The Bertz CT molecular complexity index is 3130. The van der Waals surface area contributed by atoms with Gasteiger partial charge in [-0.2, -0.15) is 0 Å². The molecule has 3 heterocycles. The van der Waals surface area contributed by atoms with Crippen LogP contribution in [0.15, 0.2) is 191 Å². The Morgan fingerprint density at radius 2 is 0.827 bits per heavy atom. The third-order valence-electron chi connectivity index (χ3n) is 10.4. The summed E-state index contributed by atoms with van der Waals surface area (Å²) in [6.07, 6.45) is 0. The van der Waals surface area contributed by atoms with Crippen molar-refractivity contribution in [1.82, 2.24) is 4.57 Å². The normalized spacial score (nSPS) is 11.8. The molecule has 11 rings (SSSR count). The van der Waals surface area contributed by atoms with Crippen LogP contribution in [0.2, 0.25) is 0 Å². The minimum Gasteiger partial charge on any atom is -0.456 e. The molecule has 3 aromatic heterocycles. The molecule has 0 bridgehead atoms. The molecular weight excluding hydrogens is 637 g/mol. The molecule has 244 valence electrons. The van der Waals surface area contributed by atoms with Crippen molar-refractivity contribution in [2.24, 2.45) is 0 Å². The van der Waals surface area contributed by atoms with E-state index < -0.39 is 0 Å². The van der Waals surface area contributed by atoms with Gasteiger partial charge < -0.3 is 18.3 Å². The average molecular weight is 667 g/mol. The summed E-state index contributed by atoms with van der Waals surface area (Å²) in [5.74, 6) is 0. The standard InChI is InChI=1S/C48H30N2O2/c1-2-10-33(11-3-1)50-43-15-7-4-12-37(43)38-26-23-35(29-44(38)50)49(36-24-27-42-40-14-6-9-17-46(40)52-48(42)30-36)34-21-18-31(19-22-34)32-20-25-41-39-13-5-8-16-45(39)51-47(41)28-32/h1-30H. The smallest absolute Gasteiger partial charge is 0.137 e. The van der Waals surface area contributed by atoms with Gasteiger partial charge in [-0.05, 0) is 90.0 Å². The Labute approximate surface area is 299 Å². The second-order valence-electron chi connectivity index (χ2n) is 13.4. The van der Waals surface area contributed by atoms with Crippen molar-refractivity contribution in [3.05, 3.63) is 182 Å². The van der Waals surface area contributed by atoms with Gasteiger partial charge in [-0.3, -0.25) is 0 Å². The van der Waals surface area contributed by atoms with E-state index in [2.05, 4.69) is 167 Å². The summed E-state index contributed by atoms with van der Waals surface area (Å²) >= 11 is 0. The Morgan fingerprint density at radius 1 is 0.327 bits per heavy atom. The number of nitrogens with zero attached hydrogens (tertiary/aromatic N) is 2. The highest BCUT2D eigenvalue weighted by atomic mass is 16.3. The molecular formula is C48H30N2O2. The molecule has 0 unspecified atom stereocenters. The van der Waals surface area contributed by atoms with Crippen molar-refractivity contribution in [2.45, 2.75) is 0 Å². The van der Waals surface area contributed by atoms with Crippen LogP contribution in [-0.4, -0.2) is 4.57 Å². The molecule has 0 aliphatic heterocycles. The average Bonchev–Trinajstić information content (AvgIpc) is 3.87. The first-order chi connectivity index (χ1) is 25.8. The predicted molar refractivity (Wildman–Crippen MR) is 215 cm³/mol. The first-order valence-electron chi connectivity index (χ1n) is 17.6. The molecule has 4 nitrogen and oxygen atoms in total. The maximum Gasteiger partial charge on any atom is 0.137 e. The summed E-state index contributed by atoms with van der Waals surface area (Å²) in [6, 6.07) is 64.4. The molecule has 0 saturated heterocycles. The van der Waals surface area contributed by atoms with Gasteiger partial charge in [0.15, 0.2) is 0 Å². The number of furan rings is 2. The number of anilines is 3. The molecule has 0 atom stereocenters. The van der Waals surface area contributed by atoms with Crippen LogP contribution in [0.3, 0.4) is 0 Å². The van der Waals surface area contributed by atoms with E-state index in [9.17, 15) is 0 Å². The summed E-state index contributed by atoms with van der Waals surface area (Å²) in [5, 5.41) is 6.94. The van der Waals surface area contributed by atoms with E-state index in [-0.39, 0.29) is 0 Å². The van der Waals surface area contributed by atoms with Crippen LogP contribution in [0.5, 0.6) is 0 Å². The van der Waals surface area contributed by atoms with Crippen LogP contribution in [-0.2, 0) is 0 Å². The van der Waals surface area contributed by atoms with Crippen LogP contribution in [0, 0.1) is 0 Å². The zero-order valence-electron chi connectivity index (χ0n) is 28.0. The van der Waals surface area contributed by atoms with Gasteiger partial charge in [0.2, 0.25) is 0 Å². The lowest BCUT2D eigenvalue weighted by Crippen LogP contribution is -2.10. The van der Waals surface area contributed by atoms with E-state index in [0.29, 0.717) is 0 Å². The fourth-order valence-electron chi connectivity index (χ4n) is 7.96. The molecule has 0 saturated carbocycles. The monoisotopic (exact) mass is 666 g/mol. The van der Waals surface area contributed by atoms with Crippen molar-refractivity contribution >= 4 is 82.7 Å². The minimum absolute atomic E-state index is 0.860. The molecule has 11 aromatic rings. The van der Waals surface area contributed by atoms with Gasteiger partial charge in [-0.1, -0.05) is 97.1 Å². The highest BCUT2D eigenvalue weighted by Crippen LogP contribution is 2.42. The molecule has 0 spiro atoms. The van der Waals surface area contributed by atoms with Crippen LogP contribution in [0.4, 0.5) is 17.1 Å². The van der Waals surface area contributed by atoms with Crippen molar-refractivity contribution in [3.8, 4) is 16.8 Å². The Hall–Kier alpha value is -7.04. The Morgan fingerprint density at radius 3 is 1.56 bits per heavy atom. The summed E-state index contributed by atoms with van der Waals surface area (Å²) < 4.78 is 15.0. The van der Waals surface area contributed by atoms with E-state index in [1.54, 1.807) is 0 Å². The first-order valence-corrected chi connectivity index (χ1v) is 17.6. The van der Waals surface area contributed by atoms with E-state index in [0.717, 1.165) is 83.3 Å². The van der Waals surface area contributed by atoms with Crippen LogP contribution < -0.4 is 4.90 Å². The molecule has 52 heavy (non-hydrogen) atoms.